The Bertz CT molecular complexity index is 520. The van der Waals surface area contributed by atoms with Gasteiger partial charge in [-0.25, -0.2) is 4.39 Å². The average molecular weight is 229 g/mol. The van der Waals surface area contributed by atoms with Crippen LogP contribution in [0.15, 0.2) is 42.5 Å². The first-order valence-corrected chi connectivity index (χ1v) is 5.77. The van der Waals surface area contributed by atoms with Gasteiger partial charge in [-0.3, -0.25) is 0 Å². The number of nitrogens with two attached hydrogens (primary N) is 1. The molecular formula is C15H16FN. The third-order valence-corrected chi connectivity index (χ3v) is 2.84. The molecule has 0 aromatic heterocycles. The maximum atomic E-state index is 13.8. The second-order valence-electron chi connectivity index (χ2n) is 4.18. The molecule has 2 heteroatoms. The lowest BCUT2D eigenvalue weighted by atomic mass is 9.96. The summed E-state index contributed by atoms with van der Waals surface area (Å²) in [5.74, 6) is -0.180. The van der Waals surface area contributed by atoms with E-state index in [1.54, 1.807) is 6.07 Å². The summed E-state index contributed by atoms with van der Waals surface area (Å²) in [6.07, 6.45) is 0.767. The highest BCUT2D eigenvalue weighted by Crippen LogP contribution is 2.27. The summed E-state index contributed by atoms with van der Waals surface area (Å²) in [6.45, 7) is 2.54. The van der Waals surface area contributed by atoms with Gasteiger partial charge in [-0.15, -0.1) is 0 Å². The molecule has 0 aliphatic rings. The Morgan fingerprint density at radius 3 is 2.59 bits per heavy atom. The zero-order chi connectivity index (χ0) is 12.3. The van der Waals surface area contributed by atoms with Crippen LogP contribution in [0.1, 0.15) is 11.1 Å². The largest absolute Gasteiger partial charge is 0.330 e. The van der Waals surface area contributed by atoms with Crippen LogP contribution < -0.4 is 5.73 Å². The molecule has 0 saturated carbocycles. The van der Waals surface area contributed by atoms with E-state index in [0.717, 1.165) is 23.1 Å². The predicted octanol–water partition coefficient (Wildman–Crippen LogP) is 3.30. The maximum Gasteiger partial charge on any atom is 0.131 e. The first kappa shape index (κ1) is 11.8. The van der Waals surface area contributed by atoms with Crippen LogP contribution in [-0.2, 0) is 6.42 Å². The summed E-state index contributed by atoms with van der Waals surface area (Å²) in [5.41, 5.74) is 9.34. The number of hydrogen-bond acceptors (Lipinski definition) is 1. The highest BCUT2D eigenvalue weighted by molar-refractivity contribution is 5.68. The molecule has 0 bridgehead atoms. The Kier molecular flexibility index (Phi) is 3.55. The van der Waals surface area contributed by atoms with Crippen molar-refractivity contribution in [1.82, 2.24) is 0 Å². The van der Waals surface area contributed by atoms with Crippen molar-refractivity contribution in [2.75, 3.05) is 6.54 Å². The molecule has 0 aliphatic heterocycles. The van der Waals surface area contributed by atoms with Crippen LogP contribution >= 0.6 is 0 Å². The molecule has 2 aromatic carbocycles. The summed E-state index contributed by atoms with van der Waals surface area (Å²) in [4.78, 5) is 0. The van der Waals surface area contributed by atoms with Gasteiger partial charge in [0.1, 0.15) is 5.82 Å². The molecule has 2 N–H and O–H groups in total. The minimum Gasteiger partial charge on any atom is -0.330 e. The molecule has 0 amide bonds. The standard InChI is InChI=1S/C15H16FN/c1-11-6-7-15(16)14(10-11)13-5-3-2-4-12(13)8-9-17/h2-7,10H,8-9,17H2,1H3. The number of halogens is 1. The van der Waals surface area contributed by atoms with E-state index in [1.165, 1.54) is 6.07 Å². The summed E-state index contributed by atoms with van der Waals surface area (Å²) in [6, 6.07) is 13.0. The molecule has 0 saturated heterocycles. The smallest absolute Gasteiger partial charge is 0.131 e. The van der Waals surface area contributed by atoms with Gasteiger partial charge in [-0.1, -0.05) is 35.9 Å². The van der Waals surface area contributed by atoms with Crippen LogP contribution in [-0.4, -0.2) is 6.54 Å². The van der Waals surface area contributed by atoms with Crippen molar-refractivity contribution < 1.29 is 4.39 Å². The summed E-state index contributed by atoms with van der Waals surface area (Å²) in [7, 11) is 0. The molecule has 2 rings (SSSR count). The van der Waals surface area contributed by atoms with Crippen molar-refractivity contribution in [2.24, 2.45) is 5.73 Å². The van der Waals surface area contributed by atoms with Crippen LogP contribution in [0.2, 0.25) is 0 Å². The second kappa shape index (κ2) is 5.11. The Hall–Kier alpha value is -1.67. The van der Waals surface area contributed by atoms with Crippen molar-refractivity contribution in [2.45, 2.75) is 13.3 Å². The van der Waals surface area contributed by atoms with Crippen LogP contribution in [0, 0.1) is 12.7 Å². The molecule has 88 valence electrons. The number of rotatable bonds is 3. The lowest BCUT2D eigenvalue weighted by Crippen LogP contribution is -2.04. The minimum atomic E-state index is -0.180. The normalized spacial score (nSPS) is 10.5. The Morgan fingerprint density at radius 1 is 1.06 bits per heavy atom. The monoisotopic (exact) mass is 229 g/mol. The zero-order valence-electron chi connectivity index (χ0n) is 9.91. The summed E-state index contributed by atoms with van der Waals surface area (Å²) in [5, 5.41) is 0. The molecular weight excluding hydrogens is 213 g/mol. The Labute approximate surface area is 101 Å². The van der Waals surface area contributed by atoms with E-state index < -0.39 is 0 Å². The van der Waals surface area contributed by atoms with Gasteiger partial charge in [0, 0.05) is 5.56 Å². The van der Waals surface area contributed by atoms with Gasteiger partial charge in [-0.2, -0.15) is 0 Å². The van der Waals surface area contributed by atoms with Crippen LogP contribution in [0.5, 0.6) is 0 Å². The van der Waals surface area contributed by atoms with E-state index in [4.69, 9.17) is 5.73 Å². The van der Waals surface area contributed by atoms with Gasteiger partial charge in [0.2, 0.25) is 0 Å². The second-order valence-corrected chi connectivity index (χ2v) is 4.18. The molecule has 0 spiro atoms. The molecule has 0 heterocycles. The molecule has 1 nitrogen and oxygen atoms in total. The molecule has 0 fully saturated rings. The third-order valence-electron chi connectivity index (χ3n) is 2.84. The van der Waals surface area contributed by atoms with Gasteiger partial charge in [0.15, 0.2) is 0 Å². The molecule has 0 unspecified atom stereocenters. The summed E-state index contributed by atoms with van der Waals surface area (Å²) < 4.78 is 13.8. The molecule has 0 radical (unpaired) electrons. The van der Waals surface area contributed by atoms with Gasteiger partial charge in [-0.05, 0) is 43.1 Å². The SMILES string of the molecule is Cc1ccc(F)c(-c2ccccc2CCN)c1. The highest BCUT2D eigenvalue weighted by atomic mass is 19.1. The maximum absolute atomic E-state index is 13.8. The van der Waals surface area contributed by atoms with Gasteiger partial charge in [0.25, 0.3) is 0 Å². The fraction of sp³-hybridized carbons (Fsp3) is 0.200. The minimum absolute atomic E-state index is 0.180. The molecule has 0 atom stereocenters. The van der Waals surface area contributed by atoms with E-state index in [1.807, 2.05) is 37.3 Å². The third kappa shape index (κ3) is 2.53. The van der Waals surface area contributed by atoms with Crippen molar-refractivity contribution in [1.29, 1.82) is 0 Å². The van der Waals surface area contributed by atoms with E-state index in [-0.39, 0.29) is 5.82 Å². The molecule has 17 heavy (non-hydrogen) atoms. The highest BCUT2D eigenvalue weighted by Gasteiger charge is 2.08. The average Bonchev–Trinajstić information content (AvgIpc) is 2.34. The van der Waals surface area contributed by atoms with Crippen LogP contribution in [0.4, 0.5) is 4.39 Å². The summed E-state index contributed by atoms with van der Waals surface area (Å²) >= 11 is 0. The zero-order valence-corrected chi connectivity index (χ0v) is 9.91. The van der Waals surface area contributed by atoms with Gasteiger partial charge < -0.3 is 5.73 Å². The predicted molar refractivity (Wildman–Crippen MR) is 69.3 cm³/mol. The van der Waals surface area contributed by atoms with Gasteiger partial charge in [0.05, 0.1) is 0 Å². The number of benzene rings is 2. The van der Waals surface area contributed by atoms with Crippen molar-refractivity contribution in [3.8, 4) is 11.1 Å². The van der Waals surface area contributed by atoms with E-state index in [2.05, 4.69) is 0 Å². The van der Waals surface area contributed by atoms with Crippen molar-refractivity contribution >= 4 is 0 Å². The van der Waals surface area contributed by atoms with Crippen LogP contribution in [0.25, 0.3) is 11.1 Å². The quantitative estimate of drug-likeness (QED) is 0.858. The van der Waals surface area contributed by atoms with E-state index >= 15 is 0 Å². The fourth-order valence-electron chi connectivity index (χ4n) is 2.00. The molecule has 2 aromatic rings. The van der Waals surface area contributed by atoms with E-state index in [9.17, 15) is 4.39 Å². The Morgan fingerprint density at radius 2 is 1.82 bits per heavy atom. The number of aryl methyl sites for hydroxylation is 1. The van der Waals surface area contributed by atoms with Crippen molar-refractivity contribution in [3.63, 3.8) is 0 Å². The van der Waals surface area contributed by atoms with Crippen LogP contribution in [0.3, 0.4) is 0 Å². The topological polar surface area (TPSA) is 26.0 Å². The Balaban J connectivity index is 2.55. The molecule has 0 aliphatic carbocycles. The van der Waals surface area contributed by atoms with Gasteiger partial charge >= 0.3 is 0 Å². The van der Waals surface area contributed by atoms with E-state index in [0.29, 0.717) is 12.1 Å². The first-order valence-electron chi connectivity index (χ1n) is 5.77. The van der Waals surface area contributed by atoms with Crippen molar-refractivity contribution in [3.05, 3.63) is 59.4 Å². The lowest BCUT2D eigenvalue weighted by molar-refractivity contribution is 0.630. The number of hydrogen-bond donors (Lipinski definition) is 1. The first-order chi connectivity index (χ1) is 8.22. The fourth-order valence-corrected chi connectivity index (χ4v) is 2.00. The lowest BCUT2D eigenvalue weighted by Gasteiger charge is -2.10.